The largest absolute Gasteiger partial charge is 0.464 e. The van der Waals surface area contributed by atoms with E-state index in [1.54, 1.807) is 18.2 Å². The number of piperidine rings is 1. The molecule has 10 nitrogen and oxygen atoms in total. The molecule has 2 aromatic carbocycles. The van der Waals surface area contributed by atoms with Crippen molar-refractivity contribution in [1.29, 1.82) is 0 Å². The second kappa shape index (κ2) is 12.7. The molecule has 0 radical (unpaired) electrons. The molecule has 2 aliphatic heterocycles. The Morgan fingerprint density at radius 1 is 1.02 bits per heavy atom. The molecular weight excluding hydrogens is 644 g/mol. The molecule has 1 spiro atoms. The van der Waals surface area contributed by atoms with Crippen LogP contribution in [0.25, 0.3) is 11.0 Å². The Morgan fingerprint density at radius 3 is 2.41 bits per heavy atom. The standard InChI is InChI=1S/C38H41ClN4O6/c1-37(2,3)49-34(44)30-11-10-28(21-31(30)48-29-20-26-14-19-42(36(46)47)33(26)40-22-29)41-17-12-24(13-18-41)23-43-32(25-6-8-27(39)9-7-25)38(35(43)45)15-4-5-16-38/h6-11,14,19-22,24,32H,4-5,12-13,15-18,23H2,1-3H3,(H,46,47). The van der Waals surface area contributed by atoms with Crippen molar-refractivity contribution >= 4 is 46.3 Å². The van der Waals surface area contributed by atoms with Gasteiger partial charge in [0.1, 0.15) is 28.3 Å². The molecule has 1 amide bonds. The molecule has 3 aliphatic rings. The molecule has 0 bridgehead atoms. The number of amides is 1. The van der Waals surface area contributed by atoms with Gasteiger partial charge in [0.15, 0.2) is 0 Å². The maximum absolute atomic E-state index is 13.7. The molecule has 2 saturated heterocycles. The van der Waals surface area contributed by atoms with Crippen LogP contribution >= 0.6 is 11.6 Å². The van der Waals surface area contributed by atoms with Crippen LogP contribution in [0.1, 0.15) is 81.3 Å². The number of anilines is 1. The summed E-state index contributed by atoms with van der Waals surface area (Å²) in [5, 5.41) is 10.7. The van der Waals surface area contributed by atoms with Crippen LogP contribution in [0.2, 0.25) is 5.02 Å². The number of hydrogen-bond acceptors (Lipinski definition) is 7. The fourth-order valence-electron chi connectivity index (χ4n) is 7.86. The summed E-state index contributed by atoms with van der Waals surface area (Å²) in [7, 11) is 0. The number of nitrogens with zero attached hydrogens (tertiary/aromatic N) is 4. The number of β-lactam (4-membered cyclic amide) rings is 1. The topological polar surface area (TPSA) is 114 Å². The first-order valence-corrected chi connectivity index (χ1v) is 17.4. The Bertz CT molecular complexity index is 1900. The van der Waals surface area contributed by atoms with Gasteiger partial charge in [0, 0.05) is 48.0 Å². The second-order valence-corrected chi connectivity index (χ2v) is 15.0. The Labute approximate surface area is 290 Å². The van der Waals surface area contributed by atoms with Crippen molar-refractivity contribution in [2.75, 3.05) is 24.5 Å². The van der Waals surface area contributed by atoms with Crippen LogP contribution in [0.15, 0.2) is 67.0 Å². The van der Waals surface area contributed by atoms with Crippen LogP contribution < -0.4 is 9.64 Å². The zero-order valence-electron chi connectivity index (χ0n) is 28.0. The predicted octanol–water partition coefficient (Wildman–Crippen LogP) is 8.32. The molecule has 7 rings (SSSR count). The molecule has 11 heteroatoms. The number of hydrogen-bond donors (Lipinski definition) is 1. The Hall–Kier alpha value is -4.57. The van der Waals surface area contributed by atoms with Crippen molar-refractivity contribution in [2.24, 2.45) is 11.3 Å². The number of carboxylic acid groups (broad SMARTS) is 1. The van der Waals surface area contributed by atoms with E-state index >= 15 is 0 Å². The number of aromatic nitrogens is 2. The molecule has 1 atom stereocenters. The maximum atomic E-state index is 13.7. The summed E-state index contributed by atoms with van der Waals surface area (Å²) >= 11 is 6.21. The number of pyridine rings is 1. The van der Waals surface area contributed by atoms with Gasteiger partial charge in [-0.3, -0.25) is 4.79 Å². The van der Waals surface area contributed by atoms with Gasteiger partial charge in [0.05, 0.1) is 17.7 Å². The molecule has 256 valence electrons. The molecule has 1 saturated carbocycles. The minimum absolute atomic E-state index is 0.106. The zero-order chi connectivity index (χ0) is 34.5. The highest BCUT2D eigenvalue weighted by atomic mass is 35.5. The average Bonchev–Trinajstić information content (AvgIpc) is 3.74. The molecule has 4 aromatic rings. The highest BCUT2D eigenvalue weighted by molar-refractivity contribution is 6.30. The van der Waals surface area contributed by atoms with Gasteiger partial charge in [-0.1, -0.05) is 36.6 Å². The Kier molecular flexibility index (Phi) is 8.55. The van der Waals surface area contributed by atoms with Crippen molar-refractivity contribution in [1.82, 2.24) is 14.5 Å². The first-order chi connectivity index (χ1) is 23.4. The van der Waals surface area contributed by atoms with Crippen molar-refractivity contribution in [3.05, 3.63) is 83.1 Å². The first kappa shape index (κ1) is 33.0. The second-order valence-electron chi connectivity index (χ2n) is 14.5. The summed E-state index contributed by atoms with van der Waals surface area (Å²) in [6.45, 7) is 7.78. The van der Waals surface area contributed by atoms with E-state index in [2.05, 4.69) is 26.9 Å². The fraction of sp³-hybridized carbons (Fsp3) is 0.421. The number of ether oxygens (including phenoxy) is 2. The molecule has 1 aliphatic carbocycles. The predicted molar refractivity (Wildman–Crippen MR) is 187 cm³/mol. The minimum Gasteiger partial charge on any atom is -0.464 e. The number of likely N-dealkylation sites (tertiary alicyclic amines) is 1. The van der Waals surface area contributed by atoms with Gasteiger partial charge >= 0.3 is 12.1 Å². The lowest BCUT2D eigenvalue weighted by Gasteiger charge is -2.56. The molecular formula is C38H41ClN4O6. The van der Waals surface area contributed by atoms with Crippen molar-refractivity contribution in [3.8, 4) is 11.5 Å². The van der Waals surface area contributed by atoms with Crippen LogP contribution in [0, 0.1) is 11.3 Å². The molecule has 4 heterocycles. The van der Waals surface area contributed by atoms with E-state index in [1.165, 1.54) is 18.0 Å². The molecule has 1 N–H and O–H groups in total. The summed E-state index contributed by atoms with van der Waals surface area (Å²) in [6, 6.07) is 17.0. The van der Waals surface area contributed by atoms with Crippen molar-refractivity contribution in [2.45, 2.75) is 70.9 Å². The van der Waals surface area contributed by atoms with E-state index in [-0.39, 0.29) is 17.0 Å². The van der Waals surface area contributed by atoms with E-state index in [1.807, 2.05) is 45.0 Å². The number of carbonyl (C=O) groups excluding carboxylic acids is 2. The van der Waals surface area contributed by atoms with Crippen molar-refractivity contribution in [3.63, 3.8) is 0 Å². The van der Waals surface area contributed by atoms with Gasteiger partial charge in [0.2, 0.25) is 5.91 Å². The number of esters is 1. The Morgan fingerprint density at radius 2 is 1.73 bits per heavy atom. The fourth-order valence-corrected chi connectivity index (χ4v) is 7.99. The Balaban J connectivity index is 1.08. The number of rotatable bonds is 7. The number of benzene rings is 2. The quantitative estimate of drug-likeness (QED) is 0.153. The van der Waals surface area contributed by atoms with Crippen LogP contribution in [-0.2, 0) is 9.53 Å². The lowest BCUT2D eigenvalue weighted by molar-refractivity contribution is -0.174. The van der Waals surface area contributed by atoms with Gasteiger partial charge in [-0.05, 0) is 94.3 Å². The monoisotopic (exact) mass is 684 g/mol. The molecule has 49 heavy (non-hydrogen) atoms. The van der Waals surface area contributed by atoms with Gasteiger partial charge in [0.25, 0.3) is 0 Å². The lowest BCUT2D eigenvalue weighted by atomic mass is 9.66. The normalized spacial score (nSPS) is 19.3. The van der Waals surface area contributed by atoms with E-state index in [0.717, 1.165) is 68.4 Å². The van der Waals surface area contributed by atoms with Crippen LogP contribution in [0.5, 0.6) is 11.5 Å². The van der Waals surface area contributed by atoms with Gasteiger partial charge < -0.3 is 24.4 Å². The van der Waals surface area contributed by atoms with E-state index < -0.39 is 17.7 Å². The third kappa shape index (κ3) is 6.34. The van der Waals surface area contributed by atoms with Gasteiger partial charge in [-0.2, -0.15) is 0 Å². The summed E-state index contributed by atoms with van der Waals surface area (Å²) in [5.41, 5.74) is 1.70. The highest BCUT2D eigenvalue weighted by Gasteiger charge is 2.61. The molecule has 1 unspecified atom stereocenters. The summed E-state index contributed by atoms with van der Waals surface area (Å²) in [4.78, 5) is 47.2. The lowest BCUT2D eigenvalue weighted by Crippen LogP contribution is -2.63. The minimum atomic E-state index is -1.13. The number of halogens is 1. The SMILES string of the molecule is CC(C)(C)OC(=O)c1ccc(N2CCC(CN3C(=O)C4(CCCC4)C3c3ccc(Cl)cc3)CC2)cc1Oc1cnc2c(ccn2C(=O)O)c1. The van der Waals surface area contributed by atoms with E-state index in [0.29, 0.717) is 39.4 Å². The van der Waals surface area contributed by atoms with Crippen molar-refractivity contribution < 1.29 is 29.0 Å². The number of carbonyl (C=O) groups is 3. The van der Waals surface area contributed by atoms with Crippen LogP contribution in [0.3, 0.4) is 0 Å². The summed E-state index contributed by atoms with van der Waals surface area (Å²) in [6.07, 6.45) is 7.72. The van der Waals surface area contributed by atoms with Crippen LogP contribution in [0.4, 0.5) is 10.5 Å². The summed E-state index contributed by atoms with van der Waals surface area (Å²) < 4.78 is 13.0. The smallest absolute Gasteiger partial charge is 0.417 e. The van der Waals surface area contributed by atoms with E-state index in [9.17, 15) is 19.5 Å². The third-order valence-electron chi connectivity index (χ3n) is 10.2. The summed E-state index contributed by atoms with van der Waals surface area (Å²) in [5.74, 6) is 0.867. The van der Waals surface area contributed by atoms with E-state index in [4.69, 9.17) is 21.1 Å². The average molecular weight is 685 g/mol. The zero-order valence-corrected chi connectivity index (χ0v) is 28.8. The highest BCUT2D eigenvalue weighted by Crippen LogP contribution is 2.59. The molecule has 2 aromatic heterocycles. The number of fused-ring (bicyclic) bond motifs is 1. The van der Waals surface area contributed by atoms with Gasteiger partial charge in [-0.25, -0.2) is 19.1 Å². The maximum Gasteiger partial charge on any atom is 0.417 e. The van der Waals surface area contributed by atoms with Gasteiger partial charge in [-0.15, -0.1) is 0 Å². The van der Waals surface area contributed by atoms with Crippen LogP contribution in [-0.4, -0.2) is 62.8 Å². The third-order valence-corrected chi connectivity index (χ3v) is 10.4. The first-order valence-electron chi connectivity index (χ1n) is 17.0. The molecule has 3 fully saturated rings.